The van der Waals surface area contributed by atoms with Crippen LogP contribution in [0.5, 0.6) is 0 Å². The van der Waals surface area contributed by atoms with Gasteiger partial charge in [0.1, 0.15) is 23.7 Å². The number of likely N-dealkylation sites (tertiary alicyclic amines) is 1. The summed E-state index contributed by atoms with van der Waals surface area (Å²) in [6.45, 7) is 8.21. The second kappa shape index (κ2) is 8.68. The summed E-state index contributed by atoms with van der Waals surface area (Å²) in [5, 5.41) is 0. The minimum atomic E-state index is -0.564. The molecule has 1 unspecified atom stereocenters. The molecule has 1 aromatic carbocycles. The van der Waals surface area contributed by atoms with Crippen LogP contribution in [0.2, 0.25) is 0 Å². The van der Waals surface area contributed by atoms with E-state index in [0.29, 0.717) is 36.9 Å². The van der Waals surface area contributed by atoms with E-state index >= 15 is 0 Å². The van der Waals surface area contributed by atoms with E-state index in [4.69, 9.17) is 13.9 Å². The fraction of sp³-hybridized carbons (Fsp3) is 0.500. The van der Waals surface area contributed by atoms with E-state index in [1.165, 1.54) is 0 Å². The van der Waals surface area contributed by atoms with E-state index in [1.54, 1.807) is 11.8 Å². The zero-order valence-electron chi connectivity index (χ0n) is 17.4. The van der Waals surface area contributed by atoms with Gasteiger partial charge in [0.15, 0.2) is 0 Å². The lowest BCUT2D eigenvalue weighted by atomic mass is 9.98. The van der Waals surface area contributed by atoms with Gasteiger partial charge in [0.25, 0.3) is 0 Å². The first-order valence-corrected chi connectivity index (χ1v) is 9.89. The first-order valence-electron chi connectivity index (χ1n) is 9.89. The van der Waals surface area contributed by atoms with Gasteiger partial charge in [0.2, 0.25) is 5.89 Å². The fourth-order valence-electron chi connectivity index (χ4n) is 3.19. The quantitative estimate of drug-likeness (QED) is 0.710. The zero-order valence-corrected chi connectivity index (χ0v) is 17.4. The first-order chi connectivity index (χ1) is 13.7. The van der Waals surface area contributed by atoms with E-state index < -0.39 is 11.7 Å². The van der Waals surface area contributed by atoms with E-state index in [2.05, 4.69) is 4.98 Å². The molecule has 1 aliphatic heterocycles. The number of oxazole rings is 1. The van der Waals surface area contributed by atoms with Crippen molar-refractivity contribution in [3.63, 3.8) is 0 Å². The summed E-state index contributed by atoms with van der Waals surface area (Å²) >= 11 is 0. The van der Waals surface area contributed by atoms with Crippen molar-refractivity contribution in [3.05, 3.63) is 41.8 Å². The lowest BCUT2D eigenvalue weighted by Crippen LogP contribution is -2.45. The maximum absolute atomic E-state index is 12.6. The van der Waals surface area contributed by atoms with Crippen LogP contribution in [0.4, 0.5) is 4.79 Å². The summed E-state index contributed by atoms with van der Waals surface area (Å²) in [7, 11) is 0. The number of benzene rings is 1. The Morgan fingerprint density at radius 3 is 2.66 bits per heavy atom. The largest absolute Gasteiger partial charge is 0.459 e. The Balaban J connectivity index is 1.57. The molecule has 1 fully saturated rings. The topological polar surface area (TPSA) is 81.9 Å². The Morgan fingerprint density at radius 2 is 1.97 bits per heavy atom. The van der Waals surface area contributed by atoms with Gasteiger partial charge in [-0.25, -0.2) is 9.78 Å². The smallest absolute Gasteiger partial charge is 0.410 e. The van der Waals surface area contributed by atoms with Crippen LogP contribution in [0.3, 0.4) is 0 Å². The number of amides is 1. The SMILES string of the molecule is Cc1oc(-c2ccccc2)nc1COC(=O)C1CCCN(C(=O)OC(C)(C)C)C1. The summed E-state index contributed by atoms with van der Waals surface area (Å²) < 4.78 is 16.6. The van der Waals surface area contributed by atoms with Crippen LogP contribution in [0, 0.1) is 12.8 Å². The van der Waals surface area contributed by atoms with Gasteiger partial charge in [-0.05, 0) is 52.7 Å². The highest BCUT2D eigenvalue weighted by Gasteiger charge is 2.32. The van der Waals surface area contributed by atoms with E-state index in [-0.39, 0.29) is 18.5 Å². The molecule has 0 radical (unpaired) electrons. The minimum Gasteiger partial charge on any atom is -0.459 e. The van der Waals surface area contributed by atoms with Crippen molar-refractivity contribution in [3.8, 4) is 11.5 Å². The number of nitrogens with zero attached hydrogens (tertiary/aromatic N) is 2. The van der Waals surface area contributed by atoms with Crippen molar-refractivity contribution in [2.75, 3.05) is 13.1 Å². The predicted octanol–water partition coefficient (Wildman–Crippen LogP) is 4.34. The Bertz CT molecular complexity index is 854. The van der Waals surface area contributed by atoms with Gasteiger partial charge in [0.05, 0.1) is 5.92 Å². The van der Waals surface area contributed by atoms with Crippen LogP contribution in [0.1, 0.15) is 45.1 Å². The lowest BCUT2D eigenvalue weighted by Gasteiger charge is -2.33. The Kier molecular flexibility index (Phi) is 6.25. The van der Waals surface area contributed by atoms with Crippen molar-refractivity contribution < 1.29 is 23.5 Å². The van der Waals surface area contributed by atoms with Crippen LogP contribution in [-0.4, -0.2) is 40.6 Å². The third kappa shape index (κ3) is 5.59. The van der Waals surface area contributed by atoms with Gasteiger partial charge in [-0.2, -0.15) is 0 Å². The highest BCUT2D eigenvalue weighted by atomic mass is 16.6. The number of esters is 1. The molecular weight excluding hydrogens is 372 g/mol. The van der Waals surface area contributed by atoms with Crippen LogP contribution in [0.25, 0.3) is 11.5 Å². The summed E-state index contributed by atoms with van der Waals surface area (Å²) in [5.41, 5.74) is 0.899. The predicted molar refractivity (Wildman–Crippen MR) is 107 cm³/mol. The molecule has 29 heavy (non-hydrogen) atoms. The summed E-state index contributed by atoms with van der Waals surface area (Å²) in [4.78, 5) is 30.9. The number of hydrogen-bond acceptors (Lipinski definition) is 6. The number of hydrogen-bond donors (Lipinski definition) is 0. The van der Waals surface area contributed by atoms with E-state index in [0.717, 1.165) is 12.0 Å². The molecule has 2 aromatic rings. The van der Waals surface area contributed by atoms with Crippen LogP contribution in [0.15, 0.2) is 34.7 Å². The molecule has 3 rings (SSSR count). The Hall–Kier alpha value is -2.83. The molecule has 156 valence electrons. The van der Waals surface area contributed by atoms with Gasteiger partial charge >= 0.3 is 12.1 Å². The number of carbonyl (C=O) groups is 2. The molecule has 7 heteroatoms. The van der Waals surface area contributed by atoms with E-state index in [9.17, 15) is 9.59 Å². The highest BCUT2D eigenvalue weighted by molar-refractivity contribution is 5.75. The molecule has 1 atom stereocenters. The molecule has 2 heterocycles. The Labute approximate surface area is 171 Å². The van der Waals surface area contributed by atoms with Crippen molar-refractivity contribution in [1.29, 1.82) is 0 Å². The highest BCUT2D eigenvalue weighted by Crippen LogP contribution is 2.24. The van der Waals surface area contributed by atoms with Crippen LogP contribution < -0.4 is 0 Å². The van der Waals surface area contributed by atoms with Gasteiger partial charge in [0, 0.05) is 18.7 Å². The van der Waals surface area contributed by atoms with Gasteiger partial charge in [-0.15, -0.1) is 0 Å². The van der Waals surface area contributed by atoms with Crippen molar-refractivity contribution in [2.45, 2.75) is 52.7 Å². The molecule has 1 saturated heterocycles. The molecule has 0 bridgehead atoms. The van der Waals surface area contributed by atoms with Crippen LogP contribution in [-0.2, 0) is 20.9 Å². The molecule has 0 N–H and O–H groups in total. The molecule has 7 nitrogen and oxygen atoms in total. The molecule has 1 aromatic heterocycles. The van der Waals surface area contributed by atoms with Gasteiger partial charge in [-0.3, -0.25) is 4.79 Å². The Morgan fingerprint density at radius 1 is 1.24 bits per heavy atom. The molecule has 0 saturated carbocycles. The normalized spacial score (nSPS) is 17.1. The second-order valence-electron chi connectivity index (χ2n) is 8.26. The monoisotopic (exact) mass is 400 g/mol. The average molecular weight is 400 g/mol. The van der Waals surface area contributed by atoms with Crippen molar-refractivity contribution in [2.24, 2.45) is 5.92 Å². The van der Waals surface area contributed by atoms with Gasteiger partial charge < -0.3 is 18.8 Å². The maximum atomic E-state index is 12.6. The summed E-state index contributed by atoms with van der Waals surface area (Å²) in [6.07, 6.45) is 1.03. The number of carbonyl (C=O) groups excluding carboxylic acids is 2. The minimum absolute atomic E-state index is 0.0456. The van der Waals surface area contributed by atoms with Crippen LogP contribution >= 0.6 is 0 Å². The third-order valence-corrected chi connectivity index (χ3v) is 4.67. The number of rotatable bonds is 4. The fourth-order valence-corrected chi connectivity index (χ4v) is 3.19. The first kappa shape index (κ1) is 20.9. The number of ether oxygens (including phenoxy) is 2. The zero-order chi connectivity index (χ0) is 21.0. The summed E-state index contributed by atoms with van der Waals surface area (Å²) in [5.74, 6) is 0.428. The molecule has 1 aliphatic rings. The second-order valence-corrected chi connectivity index (χ2v) is 8.26. The van der Waals surface area contributed by atoms with Crippen molar-refractivity contribution >= 4 is 12.1 Å². The lowest BCUT2D eigenvalue weighted by molar-refractivity contribution is -0.151. The molecular formula is C22H28N2O5. The standard InChI is InChI=1S/C22H28N2O5/c1-15-18(23-19(28-15)16-9-6-5-7-10-16)14-27-20(25)17-11-8-12-24(13-17)21(26)29-22(2,3)4/h5-7,9-10,17H,8,11-14H2,1-4H3. The van der Waals surface area contributed by atoms with Crippen molar-refractivity contribution in [1.82, 2.24) is 9.88 Å². The number of aryl methyl sites for hydroxylation is 1. The maximum Gasteiger partial charge on any atom is 0.410 e. The number of piperidine rings is 1. The average Bonchev–Trinajstić information content (AvgIpc) is 3.06. The number of aromatic nitrogens is 1. The third-order valence-electron chi connectivity index (χ3n) is 4.67. The summed E-state index contributed by atoms with van der Waals surface area (Å²) in [6, 6.07) is 9.57. The molecule has 1 amide bonds. The molecule has 0 spiro atoms. The van der Waals surface area contributed by atoms with Gasteiger partial charge in [-0.1, -0.05) is 18.2 Å². The molecule has 0 aliphatic carbocycles. The van der Waals surface area contributed by atoms with E-state index in [1.807, 2.05) is 51.1 Å².